The highest BCUT2D eigenvalue weighted by molar-refractivity contribution is 6.03. The highest BCUT2D eigenvalue weighted by atomic mass is 16.1. The van der Waals surface area contributed by atoms with E-state index in [1.165, 1.54) is 24.9 Å². The highest BCUT2D eigenvalue weighted by Gasteiger charge is 2.12. The number of nitrogens with zero attached hydrogens (tertiary/aromatic N) is 3. The van der Waals surface area contributed by atoms with E-state index in [-0.39, 0.29) is 5.91 Å². The fourth-order valence-electron chi connectivity index (χ4n) is 3.36. The molecule has 1 aromatic heterocycles. The molecule has 6 nitrogen and oxygen atoms in total. The van der Waals surface area contributed by atoms with Crippen LogP contribution < -0.4 is 15.5 Å². The van der Waals surface area contributed by atoms with E-state index in [0.717, 1.165) is 44.0 Å². The van der Waals surface area contributed by atoms with Crippen LogP contribution in [0.15, 0.2) is 42.6 Å². The number of carbonyl (C=O) groups is 1. The molecule has 0 saturated carbocycles. The average Bonchev–Trinajstić information content (AvgIpc) is 2.73. The molecule has 1 aromatic carbocycles. The molecule has 0 atom stereocenters. The van der Waals surface area contributed by atoms with Gasteiger partial charge in [0, 0.05) is 31.0 Å². The van der Waals surface area contributed by atoms with Gasteiger partial charge in [-0.2, -0.15) is 0 Å². The molecule has 2 heterocycles. The molecule has 1 amide bonds. The lowest BCUT2D eigenvalue weighted by molar-refractivity contribution is 0.102. The third-order valence-electron chi connectivity index (χ3n) is 4.95. The molecule has 6 heteroatoms. The molecule has 3 rings (SSSR count). The maximum atomic E-state index is 12.4. The average molecular weight is 382 g/mol. The van der Waals surface area contributed by atoms with Crippen LogP contribution in [0.5, 0.6) is 0 Å². The molecule has 1 fully saturated rings. The number of hydrogen-bond donors (Lipinski definition) is 2. The van der Waals surface area contributed by atoms with Crippen molar-refractivity contribution in [3.8, 4) is 0 Å². The maximum absolute atomic E-state index is 12.4. The van der Waals surface area contributed by atoms with E-state index in [0.29, 0.717) is 5.69 Å². The van der Waals surface area contributed by atoms with Crippen molar-refractivity contribution in [1.82, 2.24) is 9.88 Å². The van der Waals surface area contributed by atoms with Gasteiger partial charge in [-0.3, -0.25) is 4.79 Å². The summed E-state index contributed by atoms with van der Waals surface area (Å²) in [7, 11) is 4.13. The normalized spacial score (nSPS) is 14.2. The number of nitrogens with one attached hydrogen (secondary N) is 2. The summed E-state index contributed by atoms with van der Waals surface area (Å²) < 4.78 is 0. The van der Waals surface area contributed by atoms with E-state index in [2.05, 4.69) is 51.6 Å². The Hall–Kier alpha value is -2.60. The smallest absolute Gasteiger partial charge is 0.274 e. The molecule has 0 unspecified atom stereocenters. The number of hydrogen-bond acceptors (Lipinski definition) is 5. The minimum Gasteiger partial charge on any atom is -0.384 e. The summed E-state index contributed by atoms with van der Waals surface area (Å²) in [4.78, 5) is 21.3. The van der Waals surface area contributed by atoms with Crippen LogP contribution in [-0.4, -0.2) is 56.1 Å². The summed E-state index contributed by atoms with van der Waals surface area (Å²) in [6.45, 7) is 4.16. The van der Waals surface area contributed by atoms with E-state index >= 15 is 0 Å². The Balaban J connectivity index is 1.50. The Morgan fingerprint density at radius 1 is 1.04 bits per heavy atom. The summed E-state index contributed by atoms with van der Waals surface area (Å²) in [6, 6.07) is 11.7. The minimum absolute atomic E-state index is 0.190. The second-order valence-electron chi connectivity index (χ2n) is 7.56. The molecule has 0 spiro atoms. The SMILES string of the molecule is CN(C)CCCNc1ccc(C(=O)Nc2ccc(N3CCCCC3)cc2)nc1. The number of amides is 1. The van der Waals surface area contributed by atoms with Gasteiger partial charge in [0.05, 0.1) is 11.9 Å². The number of carbonyl (C=O) groups excluding carboxylic acids is 1. The monoisotopic (exact) mass is 381 g/mol. The van der Waals surface area contributed by atoms with Crippen molar-refractivity contribution in [2.75, 3.05) is 55.8 Å². The summed E-state index contributed by atoms with van der Waals surface area (Å²) in [5.74, 6) is -0.190. The van der Waals surface area contributed by atoms with Crippen LogP contribution in [0.3, 0.4) is 0 Å². The lowest BCUT2D eigenvalue weighted by atomic mass is 10.1. The van der Waals surface area contributed by atoms with Crippen molar-refractivity contribution in [3.05, 3.63) is 48.3 Å². The molecule has 1 aliphatic heterocycles. The molecule has 2 aromatic rings. The second kappa shape index (κ2) is 10.1. The zero-order valence-electron chi connectivity index (χ0n) is 16.9. The van der Waals surface area contributed by atoms with Crippen LogP contribution in [0.2, 0.25) is 0 Å². The lowest BCUT2D eigenvalue weighted by Gasteiger charge is -2.28. The van der Waals surface area contributed by atoms with Crippen LogP contribution in [0, 0.1) is 0 Å². The fraction of sp³-hybridized carbons (Fsp3) is 0.455. The summed E-state index contributed by atoms with van der Waals surface area (Å²) in [5.41, 5.74) is 3.36. The number of rotatable bonds is 8. The van der Waals surface area contributed by atoms with Crippen LogP contribution in [0.25, 0.3) is 0 Å². The standard InChI is InChI=1S/C22H31N5O/c1-26(2)14-6-13-23-19-9-12-21(24-17-19)22(28)25-18-7-10-20(11-8-18)27-15-4-3-5-16-27/h7-12,17,23H,3-6,13-16H2,1-2H3,(H,25,28). The van der Waals surface area contributed by atoms with Gasteiger partial charge in [-0.15, -0.1) is 0 Å². The van der Waals surface area contributed by atoms with E-state index < -0.39 is 0 Å². The van der Waals surface area contributed by atoms with Gasteiger partial charge >= 0.3 is 0 Å². The molecule has 150 valence electrons. The van der Waals surface area contributed by atoms with E-state index in [1.54, 1.807) is 12.3 Å². The molecule has 1 aliphatic rings. The second-order valence-corrected chi connectivity index (χ2v) is 7.56. The summed E-state index contributed by atoms with van der Waals surface area (Å²) >= 11 is 0. The zero-order valence-corrected chi connectivity index (χ0v) is 16.9. The topological polar surface area (TPSA) is 60.5 Å². The van der Waals surface area contributed by atoms with Gasteiger partial charge in [0.1, 0.15) is 5.69 Å². The van der Waals surface area contributed by atoms with Crippen LogP contribution in [0.4, 0.5) is 17.1 Å². The highest BCUT2D eigenvalue weighted by Crippen LogP contribution is 2.22. The molecule has 0 radical (unpaired) electrons. The molecule has 2 N–H and O–H groups in total. The van der Waals surface area contributed by atoms with E-state index in [4.69, 9.17) is 0 Å². The third kappa shape index (κ3) is 5.96. The van der Waals surface area contributed by atoms with Crippen molar-refractivity contribution in [2.45, 2.75) is 25.7 Å². The van der Waals surface area contributed by atoms with Gasteiger partial charge in [0.25, 0.3) is 5.91 Å². The van der Waals surface area contributed by atoms with Crippen LogP contribution in [0.1, 0.15) is 36.2 Å². The molecule has 0 bridgehead atoms. The summed E-state index contributed by atoms with van der Waals surface area (Å²) in [5, 5.41) is 6.25. The Bertz CT molecular complexity index is 737. The maximum Gasteiger partial charge on any atom is 0.274 e. The fourth-order valence-corrected chi connectivity index (χ4v) is 3.36. The third-order valence-corrected chi connectivity index (χ3v) is 4.95. The molecule has 28 heavy (non-hydrogen) atoms. The Labute approximate surface area is 167 Å². The van der Waals surface area contributed by atoms with Crippen molar-refractivity contribution >= 4 is 23.0 Å². The van der Waals surface area contributed by atoms with Gasteiger partial charge in [0.15, 0.2) is 0 Å². The lowest BCUT2D eigenvalue weighted by Crippen LogP contribution is -2.29. The predicted molar refractivity (Wildman–Crippen MR) is 116 cm³/mol. The largest absolute Gasteiger partial charge is 0.384 e. The molecular formula is C22H31N5O. The number of anilines is 3. The van der Waals surface area contributed by atoms with Crippen molar-refractivity contribution in [2.24, 2.45) is 0 Å². The molecule has 0 aliphatic carbocycles. The van der Waals surface area contributed by atoms with Gasteiger partial charge in [-0.1, -0.05) is 0 Å². The minimum atomic E-state index is -0.190. The zero-order chi connectivity index (χ0) is 19.8. The van der Waals surface area contributed by atoms with Crippen molar-refractivity contribution in [1.29, 1.82) is 0 Å². The van der Waals surface area contributed by atoms with E-state index in [9.17, 15) is 4.79 Å². The van der Waals surface area contributed by atoms with Crippen LogP contribution >= 0.6 is 0 Å². The van der Waals surface area contributed by atoms with Gasteiger partial charge in [-0.05, 0) is 82.7 Å². The van der Waals surface area contributed by atoms with Gasteiger partial charge in [0.2, 0.25) is 0 Å². The van der Waals surface area contributed by atoms with Crippen LogP contribution in [-0.2, 0) is 0 Å². The van der Waals surface area contributed by atoms with E-state index in [1.807, 2.05) is 18.2 Å². The first-order chi connectivity index (χ1) is 13.6. The number of pyridine rings is 1. The first-order valence-electron chi connectivity index (χ1n) is 10.1. The number of benzene rings is 1. The number of aromatic nitrogens is 1. The van der Waals surface area contributed by atoms with Gasteiger partial charge < -0.3 is 20.4 Å². The predicted octanol–water partition coefficient (Wildman–Crippen LogP) is 3.69. The van der Waals surface area contributed by atoms with Gasteiger partial charge in [-0.25, -0.2) is 4.98 Å². The number of piperidine rings is 1. The molecular weight excluding hydrogens is 350 g/mol. The Kier molecular flexibility index (Phi) is 7.25. The Morgan fingerprint density at radius 2 is 1.75 bits per heavy atom. The quantitative estimate of drug-likeness (QED) is 0.683. The summed E-state index contributed by atoms with van der Waals surface area (Å²) in [6.07, 6.45) is 6.60. The Morgan fingerprint density at radius 3 is 2.39 bits per heavy atom. The first kappa shape index (κ1) is 20.1. The molecule has 1 saturated heterocycles. The first-order valence-corrected chi connectivity index (χ1v) is 10.1. The van der Waals surface area contributed by atoms with Crippen molar-refractivity contribution in [3.63, 3.8) is 0 Å². The van der Waals surface area contributed by atoms with Crippen molar-refractivity contribution < 1.29 is 4.79 Å².